The Balaban J connectivity index is 0. The van der Waals surface area contributed by atoms with Gasteiger partial charge in [-0.2, -0.15) is 0 Å². The molecule has 0 aliphatic rings. The van der Waals surface area contributed by atoms with Crippen LogP contribution in [0.4, 0.5) is 0 Å². The van der Waals surface area contributed by atoms with E-state index in [1.165, 1.54) is 133 Å². The summed E-state index contributed by atoms with van der Waals surface area (Å²) in [5.74, 6) is 0. The van der Waals surface area contributed by atoms with Crippen LogP contribution in [0.1, 0.15) is 116 Å². The van der Waals surface area contributed by atoms with Gasteiger partial charge in [0.1, 0.15) is 0 Å². The van der Waals surface area contributed by atoms with Crippen LogP contribution in [0.3, 0.4) is 0 Å². The molecule has 0 heterocycles. The summed E-state index contributed by atoms with van der Waals surface area (Å²) in [5, 5.41) is 0. The molecule has 0 aromatic heterocycles. The van der Waals surface area contributed by atoms with E-state index in [4.69, 9.17) is 0 Å². The first-order valence-electron chi connectivity index (χ1n) is 13.1. The van der Waals surface area contributed by atoms with Crippen LogP contribution >= 0.6 is 0 Å². The lowest BCUT2D eigenvalue weighted by Gasteiger charge is -2.31. The Kier molecular flexibility index (Phi) is 21.7. The average Bonchev–Trinajstić information content (AvgIpc) is 2.60. The van der Waals surface area contributed by atoms with Crippen molar-refractivity contribution in [3.63, 3.8) is 0 Å². The van der Waals surface area contributed by atoms with E-state index in [0.717, 1.165) is 0 Å². The highest BCUT2D eigenvalue weighted by Gasteiger charge is 2.18. The molecule has 0 atom stereocenters. The van der Waals surface area contributed by atoms with Gasteiger partial charge in [0.05, 0.1) is 27.2 Å². The predicted molar refractivity (Wildman–Crippen MR) is 138 cm³/mol. The lowest BCUT2D eigenvalue weighted by atomic mass is 10.0. The minimum absolute atomic E-state index is 0. The van der Waals surface area contributed by atoms with E-state index in [2.05, 4.69) is 40.7 Å². The molecular formula is C26H60NOSi+. The fraction of sp³-hybridized carbons (Fsp3) is 1.00. The molecule has 178 valence electrons. The van der Waals surface area contributed by atoms with E-state index in [9.17, 15) is 0 Å². The van der Waals surface area contributed by atoms with Gasteiger partial charge in [-0.05, 0) is 19.3 Å². The van der Waals surface area contributed by atoms with E-state index < -0.39 is 8.07 Å². The van der Waals surface area contributed by atoms with Crippen LogP contribution in [-0.4, -0.2) is 45.2 Å². The number of rotatable bonds is 21. The standard InChI is InChI=1S/C26H58NSi.H2O/c1-7-8-9-10-11-12-13-14-15-16-17-18-19-20-21-22-24-27(2,3)25-23-26-28(4,5)6;/h7-26H2,1-6H3;1H2/q+1;. The van der Waals surface area contributed by atoms with Crippen LogP contribution in [0.2, 0.25) is 25.7 Å². The SMILES string of the molecule is CCCCCCCCCCCCCCCCCC[N+](C)(C)CCC[Si](C)(C)C.O. The van der Waals surface area contributed by atoms with Crippen molar-refractivity contribution in [2.24, 2.45) is 0 Å². The normalized spacial score (nSPS) is 12.2. The monoisotopic (exact) mass is 430 g/mol. The largest absolute Gasteiger partial charge is 0.412 e. The molecule has 0 saturated heterocycles. The predicted octanol–water partition coefficient (Wildman–Crippen LogP) is 8.23. The quantitative estimate of drug-likeness (QED) is 0.0997. The Bertz CT molecular complexity index is 325. The molecule has 2 N–H and O–H groups in total. The summed E-state index contributed by atoms with van der Waals surface area (Å²) in [6.07, 6.45) is 24.9. The van der Waals surface area contributed by atoms with Crippen LogP contribution < -0.4 is 0 Å². The van der Waals surface area contributed by atoms with Crippen LogP contribution in [0.15, 0.2) is 0 Å². The molecule has 0 aromatic rings. The van der Waals surface area contributed by atoms with Crippen LogP contribution in [0, 0.1) is 0 Å². The number of hydrogen-bond acceptors (Lipinski definition) is 0. The number of quaternary nitrogens is 1. The van der Waals surface area contributed by atoms with E-state index in [-0.39, 0.29) is 5.48 Å². The second-order valence-corrected chi connectivity index (χ2v) is 17.0. The van der Waals surface area contributed by atoms with Gasteiger partial charge in [-0.25, -0.2) is 0 Å². The first-order valence-corrected chi connectivity index (χ1v) is 16.8. The summed E-state index contributed by atoms with van der Waals surface area (Å²) < 4.78 is 1.24. The third-order valence-electron chi connectivity index (χ3n) is 6.31. The second kappa shape index (κ2) is 20.1. The molecule has 0 aliphatic carbocycles. The van der Waals surface area contributed by atoms with Gasteiger partial charge in [-0.15, -0.1) is 0 Å². The summed E-state index contributed by atoms with van der Waals surface area (Å²) >= 11 is 0. The topological polar surface area (TPSA) is 31.5 Å². The van der Waals surface area contributed by atoms with Gasteiger partial charge >= 0.3 is 0 Å². The average molecular weight is 431 g/mol. The van der Waals surface area contributed by atoms with Crippen molar-refractivity contribution in [1.82, 2.24) is 0 Å². The van der Waals surface area contributed by atoms with E-state index >= 15 is 0 Å². The van der Waals surface area contributed by atoms with Gasteiger partial charge in [0, 0.05) is 8.07 Å². The molecule has 0 rings (SSSR count). The van der Waals surface area contributed by atoms with Gasteiger partial charge < -0.3 is 9.96 Å². The van der Waals surface area contributed by atoms with Gasteiger partial charge in [0.2, 0.25) is 0 Å². The maximum Gasteiger partial charge on any atom is 0.0782 e. The highest BCUT2D eigenvalue weighted by atomic mass is 28.3. The Labute approximate surface area is 187 Å². The molecule has 0 spiro atoms. The molecule has 0 amide bonds. The van der Waals surface area contributed by atoms with Gasteiger partial charge in [0.25, 0.3) is 0 Å². The zero-order valence-corrected chi connectivity index (χ0v) is 22.6. The minimum Gasteiger partial charge on any atom is -0.412 e. The zero-order chi connectivity index (χ0) is 21.1. The summed E-state index contributed by atoms with van der Waals surface area (Å²) in [4.78, 5) is 0. The lowest BCUT2D eigenvalue weighted by Crippen LogP contribution is -2.41. The molecule has 3 heteroatoms. The third kappa shape index (κ3) is 26.1. The Morgan fingerprint density at radius 2 is 0.793 bits per heavy atom. The molecular weight excluding hydrogens is 370 g/mol. The fourth-order valence-corrected chi connectivity index (χ4v) is 5.46. The van der Waals surface area contributed by atoms with Crippen molar-refractivity contribution in [2.45, 2.75) is 142 Å². The van der Waals surface area contributed by atoms with Crippen molar-refractivity contribution < 1.29 is 9.96 Å². The maximum atomic E-state index is 2.50. The van der Waals surface area contributed by atoms with E-state index in [1.54, 1.807) is 0 Å². The molecule has 0 aromatic carbocycles. The van der Waals surface area contributed by atoms with E-state index in [0.29, 0.717) is 0 Å². The molecule has 29 heavy (non-hydrogen) atoms. The van der Waals surface area contributed by atoms with Gasteiger partial charge in [0.15, 0.2) is 0 Å². The second-order valence-electron chi connectivity index (χ2n) is 11.4. The highest BCUT2D eigenvalue weighted by Crippen LogP contribution is 2.16. The summed E-state index contributed by atoms with van der Waals surface area (Å²) in [5.41, 5.74) is 0. The molecule has 0 radical (unpaired) electrons. The smallest absolute Gasteiger partial charge is 0.0782 e. The molecule has 0 bridgehead atoms. The Morgan fingerprint density at radius 3 is 1.14 bits per heavy atom. The van der Waals surface area contributed by atoms with Crippen LogP contribution in [0.5, 0.6) is 0 Å². The molecule has 0 fully saturated rings. The lowest BCUT2D eigenvalue weighted by molar-refractivity contribution is -0.890. The van der Waals surface area contributed by atoms with Crippen molar-refractivity contribution >= 4 is 8.07 Å². The summed E-state index contributed by atoms with van der Waals surface area (Å²) in [7, 11) is 4.04. The molecule has 0 saturated carbocycles. The third-order valence-corrected chi connectivity index (χ3v) is 8.16. The van der Waals surface area contributed by atoms with Crippen LogP contribution in [0.25, 0.3) is 0 Å². The number of unbranched alkanes of at least 4 members (excludes halogenated alkanes) is 15. The number of nitrogens with zero attached hydrogens (tertiary/aromatic N) is 1. The van der Waals surface area contributed by atoms with E-state index in [1.807, 2.05) is 0 Å². The van der Waals surface area contributed by atoms with Gasteiger partial charge in [-0.3, -0.25) is 0 Å². The molecule has 0 aliphatic heterocycles. The maximum absolute atomic E-state index is 2.50. The van der Waals surface area contributed by atoms with Crippen molar-refractivity contribution in [3.8, 4) is 0 Å². The Hall–Kier alpha value is 0.137. The van der Waals surface area contributed by atoms with Crippen molar-refractivity contribution in [1.29, 1.82) is 0 Å². The van der Waals surface area contributed by atoms with Crippen molar-refractivity contribution in [2.75, 3.05) is 27.2 Å². The minimum atomic E-state index is -0.843. The van der Waals surface area contributed by atoms with Gasteiger partial charge in [-0.1, -0.05) is 123 Å². The fourth-order valence-electron chi connectivity index (χ4n) is 4.24. The highest BCUT2D eigenvalue weighted by molar-refractivity contribution is 6.76. The first-order chi connectivity index (χ1) is 13.3. The summed E-state index contributed by atoms with van der Waals surface area (Å²) in [6, 6.07) is 1.49. The Morgan fingerprint density at radius 1 is 0.483 bits per heavy atom. The number of hydrogen-bond donors (Lipinski definition) is 0. The summed E-state index contributed by atoms with van der Waals surface area (Å²) in [6.45, 7) is 12.6. The zero-order valence-electron chi connectivity index (χ0n) is 21.6. The molecule has 2 nitrogen and oxygen atoms in total. The first kappa shape index (κ1) is 31.3. The van der Waals surface area contributed by atoms with Crippen LogP contribution in [-0.2, 0) is 0 Å². The molecule has 0 unspecified atom stereocenters. The van der Waals surface area contributed by atoms with Crippen molar-refractivity contribution in [3.05, 3.63) is 0 Å².